The van der Waals surface area contributed by atoms with Crippen LogP contribution in [0.1, 0.15) is 71.1 Å². The van der Waals surface area contributed by atoms with Gasteiger partial charge in [-0.2, -0.15) is 0 Å². The third-order valence-corrected chi connectivity index (χ3v) is 3.92. The predicted octanol–water partition coefficient (Wildman–Crippen LogP) is 5.12. The summed E-state index contributed by atoms with van der Waals surface area (Å²) < 4.78 is 4.66. The number of carbonyl (C=O) groups is 2. The summed E-state index contributed by atoms with van der Waals surface area (Å²) in [6.07, 6.45) is 24.9. The van der Waals surface area contributed by atoms with Gasteiger partial charge in [-0.3, -0.25) is 4.79 Å². The summed E-state index contributed by atoms with van der Waals surface area (Å²) in [5, 5.41) is 17.5. The monoisotopic (exact) mass is 392 g/mol. The van der Waals surface area contributed by atoms with Crippen molar-refractivity contribution in [3.8, 4) is 0 Å². The average molecular weight is 393 g/mol. The molecule has 0 amide bonds. The van der Waals surface area contributed by atoms with E-state index in [1.807, 2.05) is 12.2 Å². The lowest BCUT2D eigenvalue weighted by Crippen LogP contribution is -2.30. The Morgan fingerprint density at radius 1 is 0.821 bits per heavy atom. The van der Waals surface area contributed by atoms with Gasteiger partial charge in [0.05, 0.1) is 6.61 Å². The van der Waals surface area contributed by atoms with Crippen LogP contribution in [0.5, 0.6) is 0 Å². The van der Waals surface area contributed by atoms with E-state index in [0.717, 1.165) is 25.7 Å². The molecule has 2 N–H and O–H groups in total. The molecule has 0 aromatic carbocycles. The van der Waals surface area contributed by atoms with Crippen LogP contribution >= 0.6 is 0 Å². The predicted molar refractivity (Wildman–Crippen MR) is 113 cm³/mol. The Bertz CT molecular complexity index is 517. The number of rotatable bonds is 17. The van der Waals surface area contributed by atoms with Gasteiger partial charge in [-0.25, -0.2) is 4.79 Å². The molecule has 0 aromatic rings. The maximum atomic E-state index is 11.4. The maximum Gasteiger partial charge on any atom is 0.347 e. The van der Waals surface area contributed by atoms with Crippen molar-refractivity contribution in [3.05, 3.63) is 48.6 Å². The van der Waals surface area contributed by atoms with Crippen molar-refractivity contribution in [2.24, 2.45) is 0 Å². The zero-order valence-electron chi connectivity index (χ0n) is 17.1. The van der Waals surface area contributed by atoms with E-state index in [0.29, 0.717) is 6.42 Å². The molecule has 5 nitrogen and oxygen atoms in total. The van der Waals surface area contributed by atoms with Crippen LogP contribution in [0.2, 0.25) is 0 Å². The van der Waals surface area contributed by atoms with Gasteiger partial charge in [-0.05, 0) is 44.9 Å². The van der Waals surface area contributed by atoms with Crippen LogP contribution in [-0.2, 0) is 14.3 Å². The normalized spacial score (nSPS) is 13.2. The third-order valence-electron chi connectivity index (χ3n) is 3.92. The van der Waals surface area contributed by atoms with Crippen molar-refractivity contribution in [2.45, 2.75) is 77.2 Å². The molecule has 0 aliphatic heterocycles. The molecular weight excluding hydrogens is 356 g/mol. The van der Waals surface area contributed by atoms with E-state index < -0.39 is 24.6 Å². The topological polar surface area (TPSA) is 83.8 Å². The molecule has 0 aliphatic carbocycles. The Morgan fingerprint density at radius 3 is 1.79 bits per heavy atom. The molecule has 1 unspecified atom stereocenters. The van der Waals surface area contributed by atoms with Gasteiger partial charge in [-0.15, -0.1) is 0 Å². The molecule has 0 saturated heterocycles. The lowest BCUT2D eigenvalue weighted by Gasteiger charge is -2.10. The van der Waals surface area contributed by atoms with Crippen LogP contribution in [0.4, 0.5) is 0 Å². The van der Waals surface area contributed by atoms with Gasteiger partial charge in [0.2, 0.25) is 6.10 Å². The standard InChI is InChI=1S/C23H36O5/c1-2-3-4-5-6-7-8-9-10-11-12-13-14-15-16-17-18-19-22(25)28-21(20-24)23(26)27/h6-7,9-10,12-13,15-16,21,24H,2-5,8,11,14,17-20H2,1H3,(H,26,27). The molecule has 0 saturated carbocycles. The van der Waals surface area contributed by atoms with Crippen LogP contribution in [0, 0.1) is 0 Å². The number of unbranched alkanes of at least 4 members (excludes halogenated alkanes) is 4. The van der Waals surface area contributed by atoms with Crippen molar-refractivity contribution >= 4 is 11.9 Å². The van der Waals surface area contributed by atoms with Crippen LogP contribution in [-0.4, -0.2) is 34.9 Å². The van der Waals surface area contributed by atoms with Crippen LogP contribution in [0.15, 0.2) is 48.6 Å². The van der Waals surface area contributed by atoms with Crippen molar-refractivity contribution in [2.75, 3.05) is 6.61 Å². The zero-order valence-corrected chi connectivity index (χ0v) is 17.1. The number of allylic oxidation sites excluding steroid dienone is 8. The van der Waals surface area contributed by atoms with Crippen molar-refractivity contribution in [1.82, 2.24) is 0 Å². The molecule has 0 spiro atoms. The number of carbonyl (C=O) groups excluding carboxylic acids is 1. The van der Waals surface area contributed by atoms with Gasteiger partial charge in [-0.1, -0.05) is 68.4 Å². The van der Waals surface area contributed by atoms with Gasteiger partial charge in [0.1, 0.15) is 0 Å². The summed E-state index contributed by atoms with van der Waals surface area (Å²) in [6, 6.07) is 0. The molecule has 0 aromatic heterocycles. The molecule has 5 heteroatoms. The highest BCUT2D eigenvalue weighted by atomic mass is 16.6. The van der Waals surface area contributed by atoms with Crippen LogP contribution in [0.3, 0.4) is 0 Å². The highest BCUT2D eigenvalue weighted by molar-refractivity contribution is 5.78. The molecule has 28 heavy (non-hydrogen) atoms. The first kappa shape index (κ1) is 25.9. The molecule has 0 rings (SSSR count). The smallest absolute Gasteiger partial charge is 0.347 e. The van der Waals surface area contributed by atoms with Crippen molar-refractivity contribution in [1.29, 1.82) is 0 Å². The fourth-order valence-corrected chi connectivity index (χ4v) is 2.31. The van der Waals surface area contributed by atoms with Gasteiger partial charge in [0, 0.05) is 6.42 Å². The summed E-state index contributed by atoms with van der Waals surface area (Å²) in [5.74, 6) is -1.94. The first-order valence-electron chi connectivity index (χ1n) is 10.2. The number of aliphatic hydroxyl groups excluding tert-OH is 1. The first-order valence-corrected chi connectivity index (χ1v) is 10.2. The molecule has 0 radical (unpaired) electrons. The van der Waals surface area contributed by atoms with E-state index >= 15 is 0 Å². The molecular formula is C23H36O5. The number of hydrogen-bond donors (Lipinski definition) is 2. The third kappa shape index (κ3) is 17.3. The second kappa shape index (κ2) is 19.6. The number of aliphatic hydroxyl groups is 1. The Morgan fingerprint density at radius 2 is 1.32 bits per heavy atom. The van der Waals surface area contributed by atoms with Crippen molar-refractivity contribution in [3.63, 3.8) is 0 Å². The first-order chi connectivity index (χ1) is 13.6. The van der Waals surface area contributed by atoms with E-state index in [1.54, 1.807) is 0 Å². The van der Waals surface area contributed by atoms with E-state index in [4.69, 9.17) is 10.2 Å². The lowest BCUT2D eigenvalue weighted by atomic mass is 10.2. The maximum absolute atomic E-state index is 11.4. The highest BCUT2D eigenvalue weighted by Crippen LogP contribution is 2.03. The van der Waals surface area contributed by atoms with Crippen LogP contribution in [0.25, 0.3) is 0 Å². The zero-order chi connectivity index (χ0) is 20.9. The Hall–Kier alpha value is -2.14. The number of carboxylic acids is 1. The minimum Gasteiger partial charge on any atom is -0.478 e. The minimum absolute atomic E-state index is 0.141. The summed E-state index contributed by atoms with van der Waals surface area (Å²) in [6.45, 7) is 1.51. The highest BCUT2D eigenvalue weighted by Gasteiger charge is 2.20. The molecule has 1 atom stereocenters. The number of hydrogen-bond acceptors (Lipinski definition) is 4. The Labute approximate surface area is 169 Å². The van der Waals surface area contributed by atoms with Crippen molar-refractivity contribution < 1.29 is 24.5 Å². The minimum atomic E-state index is -1.47. The molecule has 0 heterocycles. The summed E-state index contributed by atoms with van der Waals surface area (Å²) in [7, 11) is 0. The van der Waals surface area contributed by atoms with E-state index in [2.05, 4.69) is 48.1 Å². The molecule has 158 valence electrons. The van der Waals surface area contributed by atoms with Gasteiger partial charge < -0.3 is 14.9 Å². The quantitative estimate of drug-likeness (QED) is 0.204. The SMILES string of the molecule is CCCCCC=CCC=CCC=CCC=CCCCC(=O)OC(CO)C(=O)O. The lowest BCUT2D eigenvalue weighted by molar-refractivity contribution is -0.166. The molecule has 0 fully saturated rings. The summed E-state index contributed by atoms with van der Waals surface area (Å²) in [5.41, 5.74) is 0. The van der Waals surface area contributed by atoms with Crippen LogP contribution < -0.4 is 0 Å². The summed E-state index contributed by atoms with van der Waals surface area (Å²) >= 11 is 0. The number of ether oxygens (including phenoxy) is 1. The number of esters is 1. The fraction of sp³-hybridized carbons (Fsp3) is 0.565. The van der Waals surface area contributed by atoms with Gasteiger partial charge in [0.25, 0.3) is 0 Å². The van der Waals surface area contributed by atoms with E-state index in [9.17, 15) is 9.59 Å². The van der Waals surface area contributed by atoms with E-state index in [-0.39, 0.29) is 6.42 Å². The Balaban J connectivity index is 3.62. The number of aliphatic carboxylic acids is 1. The number of carboxylic acid groups (broad SMARTS) is 1. The second-order valence-corrected chi connectivity index (χ2v) is 6.48. The average Bonchev–Trinajstić information content (AvgIpc) is 2.68. The Kier molecular flexibility index (Phi) is 18.1. The van der Waals surface area contributed by atoms with Gasteiger partial charge in [0.15, 0.2) is 0 Å². The molecule has 0 bridgehead atoms. The second-order valence-electron chi connectivity index (χ2n) is 6.48. The fourth-order valence-electron chi connectivity index (χ4n) is 2.31. The molecule has 0 aliphatic rings. The van der Waals surface area contributed by atoms with Gasteiger partial charge >= 0.3 is 11.9 Å². The summed E-state index contributed by atoms with van der Waals surface area (Å²) in [4.78, 5) is 22.1. The largest absolute Gasteiger partial charge is 0.478 e. The van der Waals surface area contributed by atoms with E-state index in [1.165, 1.54) is 25.7 Å².